The van der Waals surface area contributed by atoms with Crippen molar-refractivity contribution in [1.29, 1.82) is 0 Å². The molecule has 5 nitrogen and oxygen atoms in total. The molecule has 0 spiro atoms. The first-order valence-electron chi connectivity index (χ1n) is 10.7. The van der Waals surface area contributed by atoms with Crippen molar-refractivity contribution in [2.45, 2.75) is 84.2 Å². The molecule has 148 valence electrons. The highest BCUT2D eigenvalue weighted by Gasteiger charge is 2.41. The number of rotatable bonds is 8. The van der Waals surface area contributed by atoms with Crippen LogP contribution in [0.25, 0.3) is 0 Å². The van der Waals surface area contributed by atoms with Gasteiger partial charge in [-0.2, -0.15) is 0 Å². The van der Waals surface area contributed by atoms with Crippen LogP contribution < -0.4 is 5.32 Å². The monoisotopic (exact) mass is 363 g/mol. The van der Waals surface area contributed by atoms with Crippen LogP contribution in [-0.4, -0.2) is 59.9 Å². The molecule has 0 bridgehead atoms. The first kappa shape index (κ1) is 19.7. The van der Waals surface area contributed by atoms with Crippen molar-refractivity contribution in [3.8, 4) is 0 Å². The van der Waals surface area contributed by atoms with E-state index in [4.69, 9.17) is 0 Å². The number of hydrogen-bond acceptors (Lipinski definition) is 3. The topological polar surface area (TPSA) is 52.6 Å². The number of nitrogens with zero attached hydrogens (tertiary/aromatic N) is 2. The predicted molar refractivity (Wildman–Crippen MR) is 104 cm³/mol. The Bertz CT molecular complexity index is 515. The number of hydrogen-bond donors (Lipinski definition) is 1. The molecule has 3 rings (SSSR count). The zero-order valence-corrected chi connectivity index (χ0v) is 16.9. The number of amides is 2. The lowest BCUT2D eigenvalue weighted by molar-refractivity contribution is -0.132. The predicted octanol–water partition coefficient (Wildman–Crippen LogP) is 2.79. The maximum absolute atomic E-state index is 12.5. The van der Waals surface area contributed by atoms with Crippen LogP contribution in [0.5, 0.6) is 0 Å². The Hall–Kier alpha value is -1.10. The van der Waals surface area contributed by atoms with Gasteiger partial charge in [0.2, 0.25) is 11.8 Å². The number of carbonyl (C=O) groups excluding carboxylic acids is 2. The summed E-state index contributed by atoms with van der Waals surface area (Å²) in [6, 6.07) is 0.589. The van der Waals surface area contributed by atoms with Crippen molar-refractivity contribution in [3.63, 3.8) is 0 Å². The molecule has 1 saturated heterocycles. The van der Waals surface area contributed by atoms with Gasteiger partial charge in [-0.15, -0.1) is 0 Å². The van der Waals surface area contributed by atoms with E-state index in [2.05, 4.69) is 31.0 Å². The molecule has 0 aromatic rings. The summed E-state index contributed by atoms with van der Waals surface area (Å²) in [5, 5.41) is 3.14. The second-order valence-corrected chi connectivity index (χ2v) is 9.18. The van der Waals surface area contributed by atoms with Gasteiger partial charge in [-0.25, -0.2) is 0 Å². The van der Waals surface area contributed by atoms with E-state index in [0.29, 0.717) is 24.9 Å². The Morgan fingerprint density at radius 3 is 2.62 bits per heavy atom. The fraction of sp³-hybridized carbons (Fsp3) is 0.905. The number of likely N-dealkylation sites (N-methyl/N-ethyl adjacent to an activating group) is 1. The summed E-state index contributed by atoms with van der Waals surface area (Å²) < 4.78 is 0. The Labute approximate surface area is 158 Å². The van der Waals surface area contributed by atoms with Gasteiger partial charge in [0.25, 0.3) is 0 Å². The molecule has 2 unspecified atom stereocenters. The van der Waals surface area contributed by atoms with Crippen LogP contribution >= 0.6 is 0 Å². The van der Waals surface area contributed by atoms with E-state index in [1.165, 1.54) is 38.5 Å². The molecular weight excluding hydrogens is 326 g/mol. The van der Waals surface area contributed by atoms with Crippen molar-refractivity contribution in [2.75, 3.05) is 26.2 Å². The lowest BCUT2D eigenvalue weighted by atomic mass is 9.67. The molecule has 0 radical (unpaired) electrons. The lowest BCUT2D eigenvalue weighted by Gasteiger charge is -2.38. The Morgan fingerprint density at radius 1 is 1.23 bits per heavy atom. The summed E-state index contributed by atoms with van der Waals surface area (Å²) >= 11 is 0. The fourth-order valence-electron chi connectivity index (χ4n) is 4.91. The van der Waals surface area contributed by atoms with Gasteiger partial charge in [0.15, 0.2) is 0 Å². The van der Waals surface area contributed by atoms with E-state index in [1.807, 2.05) is 4.90 Å². The van der Waals surface area contributed by atoms with Crippen LogP contribution in [0.4, 0.5) is 0 Å². The zero-order chi connectivity index (χ0) is 18.7. The molecule has 0 aromatic carbocycles. The van der Waals surface area contributed by atoms with E-state index in [0.717, 1.165) is 26.1 Å². The van der Waals surface area contributed by atoms with Crippen molar-refractivity contribution in [1.82, 2.24) is 15.1 Å². The average Bonchev–Trinajstić information content (AvgIpc) is 3.37. The van der Waals surface area contributed by atoms with E-state index >= 15 is 0 Å². The second kappa shape index (κ2) is 8.28. The van der Waals surface area contributed by atoms with Crippen molar-refractivity contribution in [2.24, 2.45) is 11.3 Å². The van der Waals surface area contributed by atoms with Gasteiger partial charge in [-0.1, -0.05) is 26.7 Å². The fourth-order valence-corrected chi connectivity index (χ4v) is 4.91. The lowest BCUT2D eigenvalue weighted by Crippen LogP contribution is -2.46. The van der Waals surface area contributed by atoms with Crippen LogP contribution in [0.2, 0.25) is 0 Å². The molecule has 2 atom stereocenters. The molecular formula is C21H37N3O2. The normalized spacial score (nSPS) is 28.6. The molecule has 2 saturated carbocycles. The van der Waals surface area contributed by atoms with Crippen LogP contribution in [0.1, 0.15) is 72.1 Å². The first-order chi connectivity index (χ1) is 12.4. The van der Waals surface area contributed by atoms with Crippen molar-refractivity contribution < 1.29 is 9.59 Å². The van der Waals surface area contributed by atoms with Crippen LogP contribution in [0.15, 0.2) is 0 Å². The van der Waals surface area contributed by atoms with Gasteiger partial charge in [-0.3, -0.25) is 14.5 Å². The molecule has 1 heterocycles. The third-order valence-electron chi connectivity index (χ3n) is 6.92. The third-order valence-corrected chi connectivity index (χ3v) is 6.92. The minimum absolute atomic E-state index is 0.0385. The largest absolute Gasteiger partial charge is 0.355 e. The smallest absolute Gasteiger partial charge is 0.239 e. The first-order valence-corrected chi connectivity index (χ1v) is 10.7. The average molecular weight is 364 g/mol. The van der Waals surface area contributed by atoms with E-state index in [9.17, 15) is 9.59 Å². The maximum Gasteiger partial charge on any atom is 0.239 e. The molecule has 2 amide bonds. The van der Waals surface area contributed by atoms with Crippen LogP contribution in [0, 0.1) is 11.3 Å². The van der Waals surface area contributed by atoms with Crippen LogP contribution in [-0.2, 0) is 9.59 Å². The van der Waals surface area contributed by atoms with Crippen molar-refractivity contribution >= 4 is 11.8 Å². The third kappa shape index (κ3) is 4.59. The number of nitrogens with one attached hydrogen (secondary N) is 1. The summed E-state index contributed by atoms with van der Waals surface area (Å²) in [5.41, 5.74) is 0.287. The minimum Gasteiger partial charge on any atom is -0.355 e. The quantitative estimate of drug-likeness (QED) is 0.721. The van der Waals surface area contributed by atoms with E-state index in [-0.39, 0.29) is 23.3 Å². The summed E-state index contributed by atoms with van der Waals surface area (Å²) in [7, 11) is 0. The molecule has 1 aliphatic heterocycles. The Morgan fingerprint density at radius 2 is 2.00 bits per heavy atom. The van der Waals surface area contributed by atoms with E-state index in [1.54, 1.807) is 0 Å². The van der Waals surface area contributed by atoms with Crippen molar-refractivity contribution in [3.05, 3.63) is 0 Å². The SMILES string of the molecule is CCN1CCC(N(CCNC(=O)CC2CCCCC2(C)C)C2CC2)C1=O. The standard InChI is InChI=1S/C21H37N3O2/c1-4-23-13-10-18(20(23)26)24(17-8-9-17)14-12-22-19(25)15-16-7-5-6-11-21(16,2)3/h16-18H,4-15H2,1-3H3,(H,22,25). The highest BCUT2D eigenvalue weighted by molar-refractivity contribution is 5.84. The van der Waals surface area contributed by atoms with Crippen LogP contribution in [0.3, 0.4) is 0 Å². The molecule has 2 aliphatic carbocycles. The molecule has 26 heavy (non-hydrogen) atoms. The van der Waals surface area contributed by atoms with Gasteiger partial charge < -0.3 is 10.2 Å². The number of carbonyl (C=O) groups is 2. The molecule has 1 N–H and O–H groups in total. The second-order valence-electron chi connectivity index (χ2n) is 9.18. The summed E-state index contributed by atoms with van der Waals surface area (Å²) in [5.74, 6) is 0.980. The minimum atomic E-state index is 0.0385. The molecule has 0 aromatic heterocycles. The van der Waals surface area contributed by atoms with E-state index < -0.39 is 0 Å². The summed E-state index contributed by atoms with van der Waals surface area (Å²) in [6.07, 6.45) is 8.95. The summed E-state index contributed by atoms with van der Waals surface area (Å²) in [6.45, 7) is 9.83. The highest BCUT2D eigenvalue weighted by atomic mass is 16.2. The molecule has 3 aliphatic rings. The number of likely N-dealkylation sites (tertiary alicyclic amines) is 1. The molecule has 3 fully saturated rings. The van der Waals surface area contributed by atoms with Gasteiger partial charge in [0, 0.05) is 38.6 Å². The highest BCUT2D eigenvalue weighted by Crippen LogP contribution is 2.42. The Balaban J connectivity index is 1.45. The van der Waals surface area contributed by atoms with Gasteiger partial charge in [0.05, 0.1) is 6.04 Å². The zero-order valence-electron chi connectivity index (χ0n) is 16.9. The van der Waals surface area contributed by atoms with Gasteiger partial charge >= 0.3 is 0 Å². The Kier molecular flexibility index (Phi) is 6.26. The van der Waals surface area contributed by atoms with Gasteiger partial charge in [0.1, 0.15) is 0 Å². The molecule has 5 heteroatoms. The summed E-state index contributed by atoms with van der Waals surface area (Å²) in [4.78, 5) is 29.3. The van der Waals surface area contributed by atoms with Gasteiger partial charge in [-0.05, 0) is 50.4 Å². The maximum atomic E-state index is 12.5.